The minimum absolute atomic E-state index is 0.000541. The highest BCUT2D eigenvalue weighted by molar-refractivity contribution is 5.86. The Morgan fingerprint density at radius 2 is 1.56 bits per heavy atom. The first kappa shape index (κ1) is 23.7. The zero-order valence-corrected chi connectivity index (χ0v) is 18.5. The van der Waals surface area contributed by atoms with E-state index < -0.39 is 42.8 Å². The standard InChI is InChI=1S/C25H26F2N2O5/c26-22(27)13-21(23(30)29-11-9-15(10-12-29)24(31)32)28-25(33)34-14-20-18-7-3-1-5-16(18)17-6-2-4-8-19(17)20/h1-8,15,20-22H,9-14H2,(H,28,33)(H,31,32). The van der Waals surface area contributed by atoms with Crippen LogP contribution in [0.15, 0.2) is 48.5 Å². The number of halogens is 2. The van der Waals surface area contributed by atoms with Crippen LogP contribution >= 0.6 is 0 Å². The second kappa shape index (κ2) is 10.2. The lowest BCUT2D eigenvalue weighted by Crippen LogP contribution is -2.52. The topological polar surface area (TPSA) is 95.9 Å². The SMILES string of the molecule is O=C(NC(CC(F)F)C(=O)N1CCC(C(=O)O)CC1)OCC1c2ccccc2-c2ccccc21. The summed E-state index contributed by atoms with van der Waals surface area (Å²) in [6.07, 6.45) is -4.11. The van der Waals surface area contributed by atoms with E-state index in [1.54, 1.807) is 0 Å². The third-order valence-corrected chi connectivity index (χ3v) is 6.50. The molecule has 2 aromatic carbocycles. The molecular weight excluding hydrogens is 446 g/mol. The molecule has 34 heavy (non-hydrogen) atoms. The van der Waals surface area contributed by atoms with E-state index in [0.717, 1.165) is 22.3 Å². The molecule has 0 radical (unpaired) electrons. The number of carboxylic acids is 1. The lowest BCUT2D eigenvalue weighted by molar-refractivity contribution is -0.146. The lowest BCUT2D eigenvalue weighted by atomic mass is 9.96. The predicted molar refractivity (Wildman–Crippen MR) is 120 cm³/mol. The molecule has 2 aromatic rings. The van der Waals surface area contributed by atoms with E-state index in [-0.39, 0.29) is 38.5 Å². The predicted octanol–water partition coefficient (Wildman–Crippen LogP) is 3.87. The number of rotatable bonds is 7. The molecule has 0 bridgehead atoms. The number of ether oxygens (including phenoxy) is 1. The minimum atomic E-state index is -2.81. The van der Waals surface area contributed by atoms with E-state index in [9.17, 15) is 23.2 Å². The maximum atomic E-state index is 13.2. The van der Waals surface area contributed by atoms with Gasteiger partial charge in [0.1, 0.15) is 12.6 Å². The Bertz CT molecular complexity index is 1020. The summed E-state index contributed by atoms with van der Waals surface area (Å²) >= 11 is 0. The van der Waals surface area contributed by atoms with Gasteiger partial charge >= 0.3 is 12.1 Å². The molecule has 1 aliphatic carbocycles. The number of carbonyl (C=O) groups excluding carboxylic acids is 2. The smallest absolute Gasteiger partial charge is 0.407 e. The van der Waals surface area contributed by atoms with Crippen molar-refractivity contribution < 1.29 is 33.0 Å². The van der Waals surface area contributed by atoms with Crippen LogP contribution in [0.25, 0.3) is 11.1 Å². The summed E-state index contributed by atoms with van der Waals surface area (Å²) in [5.74, 6) is -2.35. The molecule has 4 rings (SSSR count). The third kappa shape index (κ3) is 5.03. The molecule has 7 nitrogen and oxygen atoms in total. The van der Waals surface area contributed by atoms with Crippen LogP contribution < -0.4 is 5.32 Å². The van der Waals surface area contributed by atoms with E-state index in [0.29, 0.717) is 0 Å². The first-order valence-electron chi connectivity index (χ1n) is 11.3. The third-order valence-electron chi connectivity index (χ3n) is 6.50. The Balaban J connectivity index is 1.39. The molecule has 0 saturated carbocycles. The van der Waals surface area contributed by atoms with E-state index >= 15 is 0 Å². The van der Waals surface area contributed by atoms with Gasteiger partial charge in [0, 0.05) is 25.4 Å². The second-order valence-electron chi connectivity index (χ2n) is 8.59. The molecule has 1 fully saturated rings. The number of likely N-dealkylation sites (tertiary alicyclic amines) is 1. The van der Waals surface area contributed by atoms with Crippen molar-refractivity contribution in [3.8, 4) is 11.1 Å². The summed E-state index contributed by atoms with van der Waals surface area (Å²) in [6, 6.07) is 14.2. The van der Waals surface area contributed by atoms with Crippen molar-refractivity contribution in [3.63, 3.8) is 0 Å². The van der Waals surface area contributed by atoms with Gasteiger partial charge < -0.3 is 20.1 Å². The molecule has 1 aliphatic heterocycles. The van der Waals surface area contributed by atoms with Gasteiger partial charge in [-0.05, 0) is 35.1 Å². The molecule has 1 atom stereocenters. The lowest BCUT2D eigenvalue weighted by Gasteiger charge is -2.33. The van der Waals surface area contributed by atoms with Crippen LogP contribution in [-0.2, 0) is 14.3 Å². The van der Waals surface area contributed by atoms with E-state index in [2.05, 4.69) is 5.32 Å². The number of carboxylic acid groups (broad SMARTS) is 1. The highest BCUT2D eigenvalue weighted by atomic mass is 19.3. The van der Waals surface area contributed by atoms with Gasteiger partial charge in [0.05, 0.1) is 5.92 Å². The van der Waals surface area contributed by atoms with E-state index in [1.165, 1.54) is 4.90 Å². The number of piperidine rings is 1. The molecule has 2 aliphatic rings. The van der Waals surface area contributed by atoms with Gasteiger partial charge in [0.25, 0.3) is 0 Å². The fourth-order valence-electron chi connectivity index (χ4n) is 4.75. The van der Waals surface area contributed by atoms with Crippen molar-refractivity contribution in [2.24, 2.45) is 5.92 Å². The van der Waals surface area contributed by atoms with Crippen LogP contribution in [0.5, 0.6) is 0 Å². The number of benzene rings is 2. The highest BCUT2D eigenvalue weighted by Gasteiger charge is 2.34. The first-order chi connectivity index (χ1) is 16.3. The number of fused-ring (bicyclic) bond motifs is 3. The fourth-order valence-corrected chi connectivity index (χ4v) is 4.75. The van der Waals surface area contributed by atoms with Crippen LogP contribution in [0.4, 0.5) is 13.6 Å². The molecule has 180 valence electrons. The number of aliphatic carboxylic acids is 1. The van der Waals surface area contributed by atoms with Gasteiger partial charge in [-0.1, -0.05) is 48.5 Å². The largest absolute Gasteiger partial charge is 0.481 e. The van der Waals surface area contributed by atoms with Crippen LogP contribution in [-0.4, -0.2) is 60.1 Å². The molecule has 0 spiro atoms. The number of nitrogens with zero attached hydrogens (tertiary/aromatic N) is 1. The monoisotopic (exact) mass is 472 g/mol. The Labute approximate surface area is 195 Å². The van der Waals surface area contributed by atoms with Crippen molar-refractivity contribution in [2.75, 3.05) is 19.7 Å². The Hall–Kier alpha value is -3.49. The zero-order chi connectivity index (χ0) is 24.2. The normalized spacial score (nSPS) is 16.6. The number of alkyl halides is 2. The van der Waals surface area contributed by atoms with Crippen molar-refractivity contribution in [2.45, 2.75) is 37.6 Å². The van der Waals surface area contributed by atoms with Gasteiger partial charge in [-0.15, -0.1) is 0 Å². The van der Waals surface area contributed by atoms with Crippen LogP contribution in [0, 0.1) is 5.92 Å². The van der Waals surface area contributed by atoms with Gasteiger partial charge in [0.2, 0.25) is 12.3 Å². The van der Waals surface area contributed by atoms with Crippen molar-refractivity contribution in [3.05, 3.63) is 59.7 Å². The average molecular weight is 472 g/mol. The van der Waals surface area contributed by atoms with Crippen molar-refractivity contribution in [1.82, 2.24) is 10.2 Å². The van der Waals surface area contributed by atoms with Gasteiger partial charge in [-0.3, -0.25) is 9.59 Å². The minimum Gasteiger partial charge on any atom is -0.481 e. The van der Waals surface area contributed by atoms with Crippen LogP contribution in [0.3, 0.4) is 0 Å². The van der Waals surface area contributed by atoms with E-state index in [4.69, 9.17) is 9.84 Å². The van der Waals surface area contributed by atoms with Crippen molar-refractivity contribution in [1.29, 1.82) is 0 Å². The van der Waals surface area contributed by atoms with Crippen LogP contribution in [0.2, 0.25) is 0 Å². The molecule has 9 heteroatoms. The Morgan fingerprint density at radius 1 is 1.00 bits per heavy atom. The summed E-state index contributed by atoms with van der Waals surface area (Å²) in [6.45, 7) is 0.281. The van der Waals surface area contributed by atoms with Crippen LogP contribution in [0.1, 0.15) is 36.3 Å². The van der Waals surface area contributed by atoms with E-state index in [1.807, 2.05) is 48.5 Å². The highest BCUT2D eigenvalue weighted by Crippen LogP contribution is 2.44. The zero-order valence-electron chi connectivity index (χ0n) is 18.5. The Morgan fingerprint density at radius 3 is 2.09 bits per heavy atom. The number of hydrogen-bond acceptors (Lipinski definition) is 4. The van der Waals surface area contributed by atoms with Crippen molar-refractivity contribution >= 4 is 18.0 Å². The van der Waals surface area contributed by atoms with Gasteiger partial charge in [-0.2, -0.15) is 0 Å². The number of amides is 2. The first-order valence-corrected chi connectivity index (χ1v) is 11.3. The summed E-state index contributed by atoms with van der Waals surface area (Å²) < 4.78 is 31.7. The average Bonchev–Trinajstić information content (AvgIpc) is 3.15. The molecule has 2 N–H and O–H groups in total. The summed E-state index contributed by atoms with van der Waals surface area (Å²) in [5.41, 5.74) is 4.14. The quantitative estimate of drug-likeness (QED) is 0.638. The maximum absolute atomic E-state index is 13.2. The summed E-state index contributed by atoms with van der Waals surface area (Å²) in [7, 11) is 0. The maximum Gasteiger partial charge on any atom is 0.407 e. The molecule has 1 unspecified atom stereocenters. The number of hydrogen-bond donors (Lipinski definition) is 2. The summed E-state index contributed by atoms with van der Waals surface area (Å²) in [4.78, 5) is 37.8. The second-order valence-corrected chi connectivity index (χ2v) is 8.59. The molecule has 1 saturated heterocycles. The van der Waals surface area contributed by atoms with Gasteiger partial charge in [-0.25, -0.2) is 13.6 Å². The molecule has 2 amide bonds. The van der Waals surface area contributed by atoms with Gasteiger partial charge in [0.15, 0.2) is 0 Å². The fraction of sp³-hybridized carbons (Fsp3) is 0.400. The molecule has 0 aromatic heterocycles. The molecular formula is C25H26F2N2O5. The molecule has 1 heterocycles. The number of nitrogens with one attached hydrogen (secondary N) is 1. The number of alkyl carbamates (subject to hydrolysis) is 1. The number of carbonyl (C=O) groups is 3. The Kier molecular flexibility index (Phi) is 7.09. The summed E-state index contributed by atoms with van der Waals surface area (Å²) in [5, 5.41) is 11.4.